The Morgan fingerprint density at radius 1 is 1.26 bits per heavy atom. The lowest BCUT2D eigenvalue weighted by Gasteiger charge is -2.22. The molecule has 0 saturated carbocycles. The molecule has 3 rings (SSSR count). The summed E-state index contributed by atoms with van der Waals surface area (Å²) in [6, 6.07) is 9.21. The Balaban J connectivity index is 1.82. The monoisotopic (exact) mass is 471 g/mol. The van der Waals surface area contributed by atoms with Crippen molar-refractivity contribution in [2.24, 2.45) is 5.92 Å². The molecule has 2 aromatic carbocycles. The Morgan fingerprint density at radius 2 is 1.97 bits per heavy atom. The van der Waals surface area contributed by atoms with Gasteiger partial charge in [-0.2, -0.15) is 0 Å². The fraction of sp³-hybridized carbons (Fsp3) is 0.375. The van der Waals surface area contributed by atoms with Gasteiger partial charge in [-0.05, 0) is 38.5 Å². The van der Waals surface area contributed by atoms with Crippen LogP contribution in [0.3, 0.4) is 0 Å². The van der Waals surface area contributed by atoms with Crippen molar-refractivity contribution in [3.8, 4) is 0 Å². The van der Waals surface area contributed by atoms with E-state index in [0.29, 0.717) is 5.56 Å². The lowest BCUT2D eigenvalue weighted by Crippen LogP contribution is -2.37. The molecule has 1 aliphatic rings. The minimum atomic E-state index is -1.04. The van der Waals surface area contributed by atoms with Gasteiger partial charge in [-0.15, -0.1) is 0 Å². The highest BCUT2D eigenvalue weighted by Crippen LogP contribution is 2.31. The van der Waals surface area contributed by atoms with Gasteiger partial charge in [-0.1, -0.05) is 24.3 Å². The molecule has 1 N–H and O–H groups in total. The number of ether oxygens (including phenoxy) is 1. The van der Waals surface area contributed by atoms with Crippen LogP contribution >= 0.6 is 0 Å². The highest BCUT2D eigenvalue weighted by molar-refractivity contribution is 6.00. The zero-order valence-corrected chi connectivity index (χ0v) is 19.1. The van der Waals surface area contributed by atoms with E-state index in [9.17, 15) is 28.9 Å². The number of amides is 2. The van der Waals surface area contributed by atoms with Crippen molar-refractivity contribution in [3.05, 3.63) is 69.5 Å². The molecular weight excluding hydrogens is 445 g/mol. The number of nitrogens with zero attached hydrogens (tertiary/aromatic N) is 2. The first-order valence-electron chi connectivity index (χ1n) is 10.9. The van der Waals surface area contributed by atoms with Crippen LogP contribution in [0, 0.1) is 28.8 Å². The zero-order chi connectivity index (χ0) is 25.0. The average Bonchev–Trinajstić information content (AvgIpc) is 3.14. The normalized spacial score (nSPS) is 16.4. The van der Waals surface area contributed by atoms with E-state index in [4.69, 9.17) is 4.74 Å². The third kappa shape index (κ3) is 5.75. The molecule has 2 unspecified atom stereocenters. The number of benzene rings is 2. The number of rotatable bonds is 8. The Morgan fingerprint density at radius 3 is 2.62 bits per heavy atom. The van der Waals surface area contributed by atoms with Gasteiger partial charge in [0.2, 0.25) is 11.8 Å². The van der Waals surface area contributed by atoms with Crippen molar-refractivity contribution < 1.29 is 28.4 Å². The molecule has 0 bridgehead atoms. The molecule has 1 saturated heterocycles. The molecule has 0 radical (unpaired) electrons. The van der Waals surface area contributed by atoms with Crippen LogP contribution in [0.4, 0.5) is 15.8 Å². The van der Waals surface area contributed by atoms with Gasteiger partial charge >= 0.3 is 5.97 Å². The van der Waals surface area contributed by atoms with E-state index in [0.717, 1.165) is 0 Å². The number of nitro groups is 1. The van der Waals surface area contributed by atoms with Crippen LogP contribution in [0.2, 0.25) is 0 Å². The predicted molar refractivity (Wildman–Crippen MR) is 121 cm³/mol. The van der Waals surface area contributed by atoms with Crippen LogP contribution in [-0.2, 0) is 19.1 Å². The van der Waals surface area contributed by atoms with Gasteiger partial charge in [0.25, 0.3) is 5.69 Å². The fourth-order valence-electron chi connectivity index (χ4n) is 3.90. The van der Waals surface area contributed by atoms with Gasteiger partial charge in [0.05, 0.1) is 40.7 Å². The second kappa shape index (κ2) is 10.4. The topological polar surface area (TPSA) is 119 Å². The number of anilines is 1. The number of para-hydroxylation sites is 1. The Kier molecular flexibility index (Phi) is 7.60. The maximum Gasteiger partial charge on any atom is 0.308 e. The minimum Gasteiger partial charge on any atom is -0.463 e. The molecule has 0 spiro atoms. The summed E-state index contributed by atoms with van der Waals surface area (Å²) in [5, 5.41) is 14.2. The molecule has 2 amide bonds. The largest absolute Gasteiger partial charge is 0.463 e. The van der Waals surface area contributed by atoms with Crippen LogP contribution in [0.25, 0.3) is 0 Å². The molecule has 0 aromatic heterocycles. The summed E-state index contributed by atoms with van der Waals surface area (Å²) < 4.78 is 19.6. The van der Waals surface area contributed by atoms with E-state index in [-0.39, 0.29) is 36.3 Å². The summed E-state index contributed by atoms with van der Waals surface area (Å²) in [6.45, 7) is 5.01. The van der Waals surface area contributed by atoms with Gasteiger partial charge in [-0.25, -0.2) is 4.39 Å². The second-order valence-electron chi connectivity index (χ2n) is 8.48. The lowest BCUT2D eigenvalue weighted by molar-refractivity contribution is -0.385. The highest BCUT2D eigenvalue weighted by atomic mass is 19.1. The molecule has 1 fully saturated rings. The van der Waals surface area contributed by atoms with E-state index < -0.39 is 46.6 Å². The average molecular weight is 471 g/mol. The van der Waals surface area contributed by atoms with E-state index in [1.807, 2.05) is 0 Å². The van der Waals surface area contributed by atoms with Crippen molar-refractivity contribution in [3.63, 3.8) is 0 Å². The van der Waals surface area contributed by atoms with E-state index >= 15 is 0 Å². The van der Waals surface area contributed by atoms with Crippen molar-refractivity contribution in [2.75, 3.05) is 11.4 Å². The standard InChI is InChI=1S/C24H26FN3O6/c1-14(2)34-23(30)12-19(17-6-4-5-7-20(17)28(32)33)26-24(31)16-11-22(29)27(13-16)21-9-8-15(3)10-18(21)25/h4-10,14,16,19H,11-13H2,1-3H3,(H,26,31). The fourth-order valence-corrected chi connectivity index (χ4v) is 3.90. The summed E-state index contributed by atoms with van der Waals surface area (Å²) >= 11 is 0. The first-order valence-corrected chi connectivity index (χ1v) is 10.9. The van der Waals surface area contributed by atoms with Gasteiger partial charge in [0.15, 0.2) is 0 Å². The van der Waals surface area contributed by atoms with Crippen molar-refractivity contribution in [1.82, 2.24) is 5.32 Å². The summed E-state index contributed by atoms with van der Waals surface area (Å²) in [7, 11) is 0. The third-order valence-electron chi connectivity index (χ3n) is 5.45. The number of aryl methyl sites for hydroxylation is 1. The Hall–Kier alpha value is -3.82. The molecule has 0 aliphatic carbocycles. The number of esters is 1. The number of hydrogen-bond acceptors (Lipinski definition) is 6. The summed E-state index contributed by atoms with van der Waals surface area (Å²) in [5.74, 6) is -3.00. The molecular formula is C24H26FN3O6. The van der Waals surface area contributed by atoms with Crippen LogP contribution in [0.5, 0.6) is 0 Å². The molecule has 10 heteroatoms. The molecule has 1 aliphatic heterocycles. The SMILES string of the molecule is Cc1ccc(N2CC(C(=O)NC(CC(=O)OC(C)C)c3ccccc3[N+](=O)[O-])CC2=O)c(F)c1. The molecule has 180 valence electrons. The third-order valence-corrected chi connectivity index (χ3v) is 5.45. The number of nitro benzene ring substituents is 1. The van der Waals surface area contributed by atoms with E-state index in [1.165, 1.54) is 35.2 Å². The number of halogens is 1. The van der Waals surface area contributed by atoms with E-state index in [1.54, 1.807) is 32.9 Å². The number of carbonyl (C=O) groups excluding carboxylic acids is 3. The predicted octanol–water partition coefficient (Wildman–Crippen LogP) is 3.59. The van der Waals surface area contributed by atoms with Crippen molar-refractivity contribution >= 4 is 29.2 Å². The van der Waals surface area contributed by atoms with Gasteiger partial charge in [-0.3, -0.25) is 24.5 Å². The smallest absolute Gasteiger partial charge is 0.308 e. The summed E-state index contributed by atoms with van der Waals surface area (Å²) in [6.07, 6.45) is -0.884. The maximum atomic E-state index is 14.4. The second-order valence-corrected chi connectivity index (χ2v) is 8.48. The van der Waals surface area contributed by atoms with Crippen LogP contribution in [0.1, 0.15) is 43.9 Å². The maximum absolute atomic E-state index is 14.4. The molecule has 1 heterocycles. The number of nitrogens with one attached hydrogen (secondary N) is 1. The lowest BCUT2D eigenvalue weighted by atomic mass is 9.99. The number of carbonyl (C=O) groups is 3. The summed E-state index contributed by atoms with van der Waals surface area (Å²) in [5.41, 5.74) is 0.674. The first-order chi connectivity index (χ1) is 16.1. The summed E-state index contributed by atoms with van der Waals surface area (Å²) in [4.78, 5) is 50.1. The van der Waals surface area contributed by atoms with E-state index in [2.05, 4.69) is 5.32 Å². The molecule has 2 atom stereocenters. The van der Waals surface area contributed by atoms with Crippen molar-refractivity contribution in [1.29, 1.82) is 0 Å². The van der Waals surface area contributed by atoms with Gasteiger partial charge in [0, 0.05) is 19.0 Å². The zero-order valence-electron chi connectivity index (χ0n) is 19.1. The Bertz CT molecular complexity index is 1120. The highest BCUT2D eigenvalue weighted by Gasteiger charge is 2.38. The Labute approximate surface area is 196 Å². The van der Waals surface area contributed by atoms with Gasteiger partial charge in [0.1, 0.15) is 5.82 Å². The van der Waals surface area contributed by atoms with Gasteiger partial charge < -0.3 is 15.0 Å². The molecule has 34 heavy (non-hydrogen) atoms. The van der Waals surface area contributed by atoms with Crippen LogP contribution in [-0.4, -0.2) is 35.4 Å². The van der Waals surface area contributed by atoms with Crippen molar-refractivity contribution in [2.45, 2.75) is 45.8 Å². The first kappa shape index (κ1) is 24.8. The van der Waals surface area contributed by atoms with Crippen LogP contribution < -0.4 is 10.2 Å². The number of hydrogen-bond donors (Lipinski definition) is 1. The molecule has 2 aromatic rings. The quantitative estimate of drug-likeness (QED) is 0.357. The minimum absolute atomic E-state index is 0.0509. The molecule has 9 nitrogen and oxygen atoms in total. The van der Waals surface area contributed by atoms with Crippen LogP contribution in [0.15, 0.2) is 42.5 Å².